The van der Waals surface area contributed by atoms with E-state index in [1.807, 2.05) is 12.1 Å². The maximum atomic E-state index is 11.6. The molecule has 0 heterocycles. The monoisotopic (exact) mass is 320 g/mol. The van der Waals surface area contributed by atoms with E-state index in [1.165, 1.54) is 25.7 Å². The lowest BCUT2D eigenvalue weighted by atomic mass is 9.87. The molecule has 1 aromatic carbocycles. The number of carbonyl (C=O) groups excluding carboxylic acids is 1. The Morgan fingerprint density at radius 2 is 1.86 bits per heavy atom. The number of hydrogen-bond acceptors (Lipinski definition) is 3. The molecule has 2 N–H and O–H groups in total. The first-order chi connectivity index (χ1) is 10.6. The van der Waals surface area contributed by atoms with E-state index in [0.29, 0.717) is 23.3 Å². The highest BCUT2D eigenvalue weighted by atomic mass is 32.1. The molecule has 0 atom stereocenters. The first-order valence-corrected chi connectivity index (χ1v) is 8.34. The number of rotatable bonds is 4. The first-order valence-electron chi connectivity index (χ1n) is 7.93. The minimum atomic E-state index is -0.300. The molecule has 0 radical (unpaired) electrons. The third kappa shape index (κ3) is 4.98. The fraction of sp³-hybridized carbons (Fsp3) is 0.529. The summed E-state index contributed by atoms with van der Waals surface area (Å²) in [5.74, 6) is 0.529. The number of hydrogen-bond donors (Lipinski definition) is 2. The van der Waals surface area contributed by atoms with E-state index in [9.17, 15) is 4.79 Å². The standard InChI is InChI=1S/C17H24N2O2S/c1-3-21-16(20)13-6-10-15(11-7-13)19-17(22)18-14-8-4-12(2)5-9-14/h6-7,10-12,14H,3-5,8-9H2,1-2H3,(H2,18,19,22). The van der Waals surface area contributed by atoms with Gasteiger partial charge >= 0.3 is 5.97 Å². The predicted molar refractivity (Wildman–Crippen MR) is 93.2 cm³/mol. The van der Waals surface area contributed by atoms with Crippen LogP contribution in [0.25, 0.3) is 0 Å². The van der Waals surface area contributed by atoms with Crippen molar-refractivity contribution in [3.05, 3.63) is 29.8 Å². The van der Waals surface area contributed by atoms with Crippen LogP contribution in [0.2, 0.25) is 0 Å². The van der Waals surface area contributed by atoms with Crippen LogP contribution in [0, 0.1) is 5.92 Å². The van der Waals surface area contributed by atoms with Crippen LogP contribution in [-0.2, 0) is 4.74 Å². The molecule has 22 heavy (non-hydrogen) atoms. The lowest BCUT2D eigenvalue weighted by Crippen LogP contribution is -2.39. The maximum Gasteiger partial charge on any atom is 0.338 e. The molecule has 2 rings (SSSR count). The summed E-state index contributed by atoms with van der Waals surface area (Å²) in [5.41, 5.74) is 1.42. The van der Waals surface area contributed by atoms with Crippen molar-refractivity contribution in [1.82, 2.24) is 5.32 Å². The van der Waals surface area contributed by atoms with Gasteiger partial charge in [0.2, 0.25) is 0 Å². The summed E-state index contributed by atoms with van der Waals surface area (Å²) in [4.78, 5) is 11.6. The van der Waals surface area contributed by atoms with Gasteiger partial charge in [-0.2, -0.15) is 0 Å². The maximum absolute atomic E-state index is 11.6. The summed E-state index contributed by atoms with van der Waals surface area (Å²) < 4.78 is 4.96. The molecular weight excluding hydrogens is 296 g/mol. The number of anilines is 1. The van der Waals surface area contributed by atoms with E-state index in [0.717, 1.165) is 11.6 Å². The van der Waals surface area contributed by atoms with E-state index in [2.05, 4.69) is 17.6 Å². The molecule has 0 bridgehead atoms. The highest BCUT2D eigenvalue weighted by Crippen LogP contribution is 2.23. The zero-order chi connectivity index (χ0) is 15.9. The van der Waals surface area contributed by atoms with Crippen LogP contribution >= 0.6 is 12.2 Å². The second kappa shape index (κ2) is 8.13. The summed E-state index contributed by atoms with van der Waals surface area (Å²) in [6, 6.07) is 7.62. The number of ether oxygens (including phenoxy) is 1. The molecule has 1 saturated carbocycles. The van der Waals surface area contributed by atoms with Crippen LogP contribution in [0.4, 0.5) is 5.69 Å². The van der Waals surface area contributed by atoms with Crippen molar-refractivity contribution < 1.29 is 9.53 Å². The van der Waals surface area contributed by atoms with Gasteiger partial charge in [-0.25, -0.2) is 4.79 Å². The number of nitrogens with one attached hydrogen (secondary N) is 2. The minimum absolute atomic E-state index is 0.300. The van der Waals surface area contributed by atoms with Gasteiger partial charge in [-0.1, -0.05) is 6.92 Å². The van der Waals surface area contributed by atoms with Crippen LogP contribution < -0.4 is 10.6 Å². The lowest BCUT2D eigenvalue weighted by molar-refractivity contribution is 0.0526. The van der Waals surface area contributed by atoms with Gasteiger partial charge in [0.05, 0.1) is 12.2 Å². The number of carbonyl (C=O) groups is 1. The lowest BCUT2D eigenvalue weighted by Gasteiger charge is -2.28. The molecule has 0 aromatic heterocycles. The molecule has 5 heteroatoms. The Bertz CT molecular complexity index is 508. The molecule has 0 spiro atoms. The van der Waals surface area contributed by atoms with Crippen molar-refractivity contribution >= 4 is 29.0 Å². The molecule has 120 valence electrons. The van der Waals surface area contributed by atoms with Gasteiger partial charge in [0.1, 0.15) is 0 Å². The molecule has 4 nitrogen and oxygen atoms in total. The summed E-state index contributed by atoms with van der Waals surface area (Å²) in [6.07, 6.45) is 4.86. The Labute approximate surface area is 137 Å². The summed E-state index contributed by atoms with van der Waals surface area (Å²) in [5, 5.41) is 7.18. The van der Waals surface area contributed by atoms with Crippen LogP contribution in [0.1, 0.15) is 49.9 Å². The largest absolute Gasteiger partial charge is 0.462 e. The van der Waals surface area contributed by atoms with Crippen molar-refractivity contribution in [3.63, 3.8) is 0 Å². The van der Waals surface area contributed by atoms with E-state index < -0.39 is 0 Å². The van der Waals surface area contributed by atoms with E-state index in [4.69, 9.17) is 17.0 Å². The van der Waals surface area contributed by atoms with Crippen molar-refractivity contribution in [3.8, 4) is 0 Å². The van der Waals surface area contributed by atoms with Gasteiger partial charge in [-0.3, -0.25) is 0 Å². The topological polar surface area (TPSA) is 50.4 Å². The van der Waals surface area contributed by atoms with Crippen LogP contribution in [0.15, 0.2) is 24.3 Å². The van der Waals surface area contributed by atoms with Gasteiger partial charge < -0.3 is 15.4 Å². The average Bonchev–Trinajstić information content (AvgIpc) is 2.50. The van der Waals surface area contributed by atoms with E-state index in [-0.39, 0.29) is 5.97 Å². The molecule has 0 amide bonds. The molecule has 0 saturated heterocycles. The Morgan fingerprint density at radius 3 is 2.45 bits per heavy atom. The van der Waals surface area contributed by atoms with Gasteiger partial charge in [0.25, 0.3) is 0 Å². The van der Waals surface area contributed by atoms with E-state index >= 15 is 0 Å². The Morgan fingerprint density at radius 1 is 1.23 bits per heavy atom. The highest BCUT2D eigenvalue weighted by Gasteiger charge is 2.18. The first kappa shape index (κ1) is 16.7. The predicted octanol–water partition coefficient (Wildman–Crippen LogP) is 3.73. The zero-order valence-corrected chi connectivity index (χ0v) is 14.0. The number of esters is 1. The summed E-state index contributed by atoms with van der Waals surface area (Å²) in [6.45, 7) is 4.48. The van der Waals surface area contributed by atoms with Crippen LogP contribution in [0.5, 0.6) is 0 Å². The molecule has 0 aliphatic heterocycles. The van der Waals surface area contributed by atoms with Gasteiger partial charge in [-0.05, 0) is 75.0 Å². The quantitative estimate of drug-likeness (QED) is 0.654. The fourth-order valence-electron chi connectivity index (χ4n) is 2.66. The average molecular weight is 320 g/mol. The van der Waals surface area contributed by atoms with Gasteiger partial charge in [-0.15, -0.1) is 0 Å². The molecule has 1 fully saturated rings. The van der Waals surface area contributed by atoms with Crippen LogP contribution in [0.3, 0.4) is 0 Å². The Hall–Kier alpha value is -1.62. The van der Waals surface area contributed by atoms with Crippen molar-refractivity contribution in [2.45, 2.75) is 45.6 Å². The van der Waals surface area contributed by atoms with Gasteiger partial charge in [0.15, 0.2) is 5.11 Å². The highest BCUT2D eigenvalue weighted by molar-refractivity contribution is 7.80. The normalized spacial score (nSPS) is 21.0. The van der Waals surface area contributed by atoms with Crippen molar-refractivity contribution in [2.24, 2.45) is 5.92 Å². The smallest absolute Gasteiger partial charge is 0.338 e. The molecule has 1 aliphatic rings. The summed E-state index contributed by atoms with van der Waals surface area (Å²) in [7, 11) is 0. The number of thiocarbonyl (C=S) groups is 1. The molecular formula is C17H24N2O2S. The minimum Gasteiger partial charge on any atom is -0.462 e. The molecule has 0 unspecified atom stereocenters. The zero-order valence-electron chi connectivity index (χ0n) is 13.2. The van der Waals surface area contributed by atoms with Crippen LogP contribution in [-0.4, -0.2) is 23.7 Å². The third-order valence-electron chi connectivity index (χ3n) is 4.00. The number of benzene rings is 1. The second-order valence-corrected chi connectivity index (χ2v) is 6.26. The van der Waals surface area contributed by atoms with E-state index in [1.54, 1.807) is 19.1 Å². The van der Waals surface area contributed by atoms with Crippen molar-refractivity contribution in [2.75, 3.05) is 11.9 Å². The van der Waals surface area contributed by atoms with Gasteiger partial charge in [0, 0.05) is 11.7 Å². The summed E-state index contributed by atoms with van der Waals surface area (Å²) >= 11 is 5.36. The second-order valence-electron chi connectivity index (χ2n) is 5.85. The fourth-order valence-corrected chi connectivity index (χ4v) is 2.95. The Kier molecular flexibility index (Phi) is 6.19. The van der Waals surface area contributed by atoms with Crippen molar-refractivity contribution in [1.29, 1.82) is 0 Å². The molecule has 1 aromatic rings. The molecule has 1 aliphatic carbocycles. The Balaban J connectivity index is 1.82. The SMILES string of the molecule is CCOC(=O)c1ccc(NC(=S)NC2CCC(C)CC2)cc1. The third-order valence-corrected chi connectivity index (χ3v) is 4.22.